The van der Waals surface area contributed by atoms with Gasteiger partial charge in [-0.25, -0.2) is 17.8 Å². The molecule has 0 spiro atoms. The minimum absolute atomic E-state index is 0.0593. The third-order valence-corrected chi connectivity index (χ3v) is 9.00. The Morgan fingerprint density at radius 3 is 2.53 bits per heavy atom. The zero-order valence-corrected chi connectivity index (χ0v) is 19.9. The Labute approximate surface area is 195 Å². The molecule has 1 fully saturated rings. The van der Waals surface area contributed by atoms with Crippen LogP contribution in [0, 0.1) is 5.82 Å². The Bertz CT molecular complexity index is 1220. The van der Waals surface area contributed by atoms with Gasteiger partial charge in [-0.15, -0.1) is 11.3 Å². The number of hydrogen-bond donors (Lipinski definition) is 0. The highest BCUT2D eigenvalue weighted by Crippen LogP contribution is 2.37. The van der Waals surface area contributed by atoms with Crippen LogP contribution in [-0.2, 0) is 9.84 Å². The van der Waals surface area contributed by atoms with Crippen molar-refractivity contribution in [2.45, 2.75) is 23.0 Å². The van der Waals surface area contributed by atoms with Crippen LogP contribution in [0.3, 0.4) is 0 Å². The Hall–Kier alpha value is -2.36. The van der Waals surface area contributed by atoms with Crippen molar-refractivity contribution in [1.29, 1.82) is 0 Å². The van der Waals surface area contributed by atoms with Gasteiger partial charge in [-0.1, -0.05) is 11.6 Å². The topological polar surface area (TPSA) is 68.7 Å². The smallest absolute Gasteiger partial charge is 0.185 e. The second-order valence-electron chi connectivity index (χ2n) is 7.39. The molecule has 0 amide bonds. The molecule has 4 rings (SSSR count). The molecule has 0 radical (unpaired) electrons. The van der Waals surface area contributed by atoms with Crippen LogP contribution in [0.1, 0.15) is 12.8 Å². The van der Waals surface area contributed by atoms with E-state index in [-0.39, 0.29) is 9.92 Å². The van der Waals surface area contributed by atoms with Crippen molar-refractivity contribution < 1.29 is 22.3 Å². The quantitative estimate of drug-likeness (QED) is 0.444. The van der Waals surface area contributed by atoms with E-state index in [0.29, 0.717) is 37.4 Å². The van der Waals surface area contributed by atoms with Gasteiger partial charge in [-0.2, -0.15) is 0 Å². The van der Waals surface area contributed by atoms with Gasteiger partial charge < -0.3 is 14.4 Å². The van der Waals surface area contributed by atoms with Crippen molar-refractivity contribution >= 4 is 37.9 Å². The van der Waals surface area contributed by atoms with Crippen molar-refractivity contribution in [3.8, 4) is 22.8 Å². The molecule has 3 aromatic rings. The van der Waals surface area contributed by atoms with Crippen LogP contribution in [0.15, 0.2) is 46.7 Å². The highest BCUT2D eigenvalue weighted by Gasteiger charge is 2.32. The molecule has 1 aromatic heterocycles. The summed E-state index contributed by atoms with van der Waals surface area (Å²) >= 11 is 7.29. The highest BCUT2D eigenvalue weighted by molar-refractivity contribution is 7.92. The second kappa shape index (κ2) is 9.25. The number of thiazole rings is 1. The van der Waals surface area contributed by atoms with Crippen LogP contribution in [-0.4, -0.2) is 46.0 Å². The highest BCUT2D eigenvalue weighted by atomic mass is 35.5. The summed E-state index contributed by atoms with van der Waals surface area (Å²) < 4.78 is 50.2. The van der Waals surface area contributed by atoms with E-state index in [9.17, 15) is 12.8 Å². The molecule has 1 aliphatic rings. The Kier molecular flexibility index (Phi) is 6.60. The number of benzene rings is 2. The van der Waals surface area contributed by atoms with Crippen molar-refractivity contribution in [2.24, 2.45) is 0 Å². The average molecular weight is 497 g/mol. The van der Waals surface area contributed by atoms with Crippen LogP contribution < -0.4 is 14.4 Å². The molecule has 0 N–H and O–H groups in total. The van der Waals surface area contributed by atoms with Crippen LogP contribution in [0.4, 0.5) is 9.52 Å². The molecule has 0 atom stereocenters. The summed E-state index contributed by atoms with van der Waals surface area (Å²) in [6.45, 7) is 1.11. The number of hydrogen-bond acceptors (Lipinski definition) is 7. The number of rotatable bonds is 6. The molecule has 0 bridgehead atoms. The van der Waals surface area contributed by atoms with Gasteiger partial charge in [0.1, 0.15) is 17.3 Å². The van der Waals surface area contributed by atoms with E-state index >= 15 is 0 Å². The van der Waals surface area contributed by atoms with E-state index in [1.807, 2.05) is 23.6 Å². The standard InChI is InChI=1S/C22H22ClFN2O4S2/c1-29-14-3-6-21(30-2)17(11-14)20-13-31-22(25-20)26-9-7-15(8-10-26)32(27,28)16-4-5-19(24)18(23)12-16/h3-6,11-13,15H,7-10H2,1-2H3. The van der Waals surface area contributed by atoms with Crippen molar-refractivity contribution in [3.05, 3.63) is 52.6 Å². The molecule has 170 valence electrons. The van der Waals surface area contributed by atoms with Gasteiger partial charge in [0.05, 0.1) is 35.1 Å². The number of anilines is 1. The first-order valence-corrected chi connectivity index (χ1v) is 12.8. The van der Waals surface area contributed by atoms with Gasteiger partial charge in [0.2, 0.25) is 0 Å². The lowest BCUT2D eigenvalue weighted by Gasteiger charge is -2.31. The lowest BCUT2D eigenvalue weighted by atomic mass is 10.1. The molecule has 2 heterocycles. The fourth-order valence-electron chi connectivity index (χ4n) is 3.75. The predicted molar refractivity (Wildman–Crippen MR) is 124 cm³/mol. The number of aromatic nitrogens is 1. The van der Waals surface area contributed by atoms with Crippen molar-refractivity contribution in [2.75, 3.05) is 32.2 Å². The summed E-state index contributed by atoms with van der Waals surface area (Å²) in [4.78, 5) is 6.90. The predicted octanol–water partition coefficient (Wildman–Crippen LogP) is 5.06. The van der Waals surface area contributed by atoms with Gasteiger partial charge in [0, 0.05) is 24.0 Å². The summed E-state index contributed by atoms with van der Waals surface area (Å²) in [6.07, 6.45) is 0.906. The first-order valence-electron chi connectivity index (χ1n) is 9.95. The second-order valence-corrected chi connectivity index (χ2v) is 10.9. The third-order valence-electron chi connectivity index (χ3n) is 5.55. The summed E-state index contributed by atoms with van der Waals surface area (Å²) in [5.74, 6) is 0.778. The number of sulfone groups is 1. The van der Waals surface area contributed by atoms with Crippen LogP contribution in [0.2, 0.25) is 5.02 Å². The van der Waals surface area contributed by atoms with E-state index in [0.717, 1.165) is 22.5 Å². The SMILES string of the molecule is COc1ccc(OC)c(-c2csc(N3CCC(S(=O)(=O)c4ccc(F)c(Cl)c4)CC3)n2)c1. The average Bonchev–Trinajstić information content (AvgIpc) is 3.30. The van der Waals surface area contributed by atoms with E-state index in [2.05, 4.69) is 4.90 Å². The van der Waals surface area contributed by atoms with Gasteiger partial charge in [0.15, 0.2) is 15.0 Å². The van der Waals surface area contributed by atoms with Crippen LogP contribution >= 0.6 is 22.9 Å². The third kappa shape index (κ3) is 4.42. The lowest BCUT2D eigenvalue weighted by Crippen LogP contribution is -2.39. The maximum absolute atomic E-state index is 13.4. The summed E-state index contributed by atoms with van der Waals surface area (Å²) in [6, 6.07) is 9.10. The van der Waals surface area contributed by atoms with Gasteiger partial charge in [-0.05, 0) is 49.2 Å². The zero-order chi connectivity index (χ0) is 22.9. The molecule has 1 aliphatic heterocycles. The summed E-state index contributed by atoms with van der Waals surface area (Å²) in [5, 5.41) is 2.05. The Balaban J connectivity index is 1.49. The number of ether oxygens (including phenoxy) is 2. The minimum atomic E-state index is -3.59. The molecular formula is C22H22ClFN2O4S2. The molecule has 0 aliphatic carbocycles. The van der Waals surface area contributed by atoms with E-state index in [4.69, 9.17) is 26.1 Å². The fraction of sp³-hybridized carbons (Fsp3) is 0.318. The zero-order valence-electron chi connectivity index (χ0n) is 17.5. The normalized spacial score (nSPS) is 15.1. The molecule has 1 saturated heterocycles. The Morgan fingerprint density at radius 1 is 1.12 bits per heavy atom. The van der Waals surface area contributed by atoms with E-state index < -0.39 is 20.9 Å². The molecule has 0 unspecified atom stereocenters. The molecule has 10 heteroatoms. The molecule has 6 nitrogen and oxygen atoms in total. The van der Waals surface area contributed by atoms with E-state index in [1.54, 1.807) is 14.2 Å². The number of piperidine rings is 1. The maximum Gasteiger partial charge on any atom is 0.185 e. The lowest BCUT2D eigenvalue weighted by molar-refractivity contribution is 0.404. The summed E-state index contributed by atoms with van der Waals surface area (Å²) in [7, 11) is -0.370. The molecular weight excluding hydrogens is 475 g/mol. The van der Waals surface area contributed by atoms with Crippen molar-refractivity contribution in [3.63, 3.8) is 0 Å². The first-order chi connectivity index (χ1) is 15.3. The van der Waals surface area contributed by atoms with Crippen LogP contribution in [0.25, 0.3) is 11.3 Å². The van der Waals surface area contributed by atoms with Gasteiger partial charge >= 0.3 is 0 Å². The number of nitrogens with zero attached hydrogens (tertiary/aromatic N) is 2. The molecule has 2 aromatic carbocycles. The minimum Gasteiger partial charge on any atom is -0.497 e. The van der Waals surface area contributed by atoms with Crippen LogP contribution in [0.5, 0.6) is 11.5 Å². The number of methoxy groups -OCH3 is 2. The van der Waals surface area contributed by atoms with Crippen molar-refractivity contribution in [1.82, 2.24) is 4.98 Å². The van der Waals surface area contributed by atoms with E-state index in [1.165, 1.54) is 23.5 Å². The Morgan fingerprint density at radius 2 is 1.88 bits per heavy atom. The van der Waals surface area contributed by atoms with Gasteiger partial charge in [-0.3, -0.25) is 0 Å². The number of halogens is 2. The first kappa shape index (κ1) is 22.8. The van der Waals surface area contributed by atoms with Gasteiger partial charge in [0.25, 0.3) is 0 Å². The molecule has 0 saturated carbocycles. The summed E-state index contributed by atoms with van der Waals surface area (Å²) in [5.41, 5.74) is 1.61. The maximum atomic E-state index is 13.4. The monoisotopic (exact) mass is 496 g/mol. The fourth-order valence-corrected chi connectivity index (χ4v) is 6.63. The molecule has 32 heavy (non-hydrogen) atoms. The largest absolute Gasteiger partial charge is 0.497 e.